The van der Waals surface area contributed by atoms with Crippen molar-refractivity contribution >= 4 is 14.2 Å². The van der Waals surface area contributed by atoms with Crippen molar-refractivity contribution in [1.82, 2.24) is 0 Å². The minimum Gasteiger partial charge on any atom is -0.394 e. The van der Waals surface area contributed by atoms with Gasteiger partial charge >= 0.3 is 14.2 Å². The Hall–Kier alpha value is -0.550. The SMILES string of the molecule is N[C@@H](CO)C(=O)O[P+](=O)O. The monoisotopic (exact) mass is 168 g/mol. The highest BCUT2D eigenvalue weighted by Gasteiger charge is 2.25. The van der Waals surface area contributed by atoms with Crippen molar-refractivity contribution in [3.05, 3.63) is 0 Å². The van der Waals surface area contributed by atoms with Crippen molar-refractivity contribution in [1.29, 1.82) is 0 Å². The molecule has 0 amide bonds. The topological polar surface area (TPSA) is 110 Å². The second-order valence-corrected chi connectivity index (χ2v) is 2.10. The van der Waals surface area contributed by atoms with Crippen LogP contribution in [-0.2, 0) is 13.9 Å². The molecule has 0 aliphatic heterocycles. The van der Waals surface area contributed by atoms with E-state index in [1.807, 2.05) is 0 Å². The number of hydrogen-bond acceptors (Lipinski definition) is 5. The van der Waals surface area contributed by atoms with E-state index in [1.54, 1.807) is 0 Å². The molecule has 1 unspecified atom stereocenters. The molecule has 0 aromatic rings. The van der Waals surface area contributed by atoms with Crippen LogP contribution in [0.4, 0.5) is 0 Å². The molecular weight excluding hydrogens is 161 g/mol. The number of aliphatic hydroxyl groups is 1. The number of nitrogens with two attached hydrogens (primary N) is 1. The molecule has 0 aliphatic carbocycles. The first-order valence-corrected chi connectivity index (χ1v) is 3.45. The molecule has 0 heterocycles. The van der Waals surface area contributed by atoms with Crippen LogP contribution < -0.4 is 5.73 Å². The number of carbonyl (C=O) groups is 1. The van der Waals surface area contributed by atoms with E-state index in [1.165, 1.54) is 0 Å². The van der Waals surface area contributed by atoms with Crippen LogP contribution >= 0.6 is 8.25 Å². The Labute approximate surface area is 57.6 Å². The summed E-state index contributed by atoms with van der Waals surface area (Å²) in [6.45, 7) is -0.609. The van der Waals surface area contributed by atoms with Crippen molar-refractivity contribution in [2.45, 2.75) is 6.04 Å². The summed E-state index contributed by atoms with van der Waals surface area (Å²) in [5.74, 6) is -1.09. The van der Waals surface area contributed by atoms with Crippen molar-refractivity contribution < 1.29 is 23.9 Å². The number of carbonyl (C=O) groups excluding carboxylic acids is 1. The molecule has 0 saturated heterocycles. The van der Waals surface area contributed by atoms with E-state index in [-0.39, 0.29) is 0 Å². The summed E-state index contributed by atoms with van der Waals surface area (Å²) in [6.07, 6.45) is 0. The van der Waals surface area contributed by atoms with Crippen LogP contribution in [0.1, 0.15) is 0 Å². The van der Waals surface area contributed by atoms with Gasteiger partial charge in [0, 0.05) is 4.57 Å². The summed E-state index contributed by atoms with van der Waals surface area (Å²) in [4.78, 5) is 18.3. The third-order valence-corrected chi connectivity index (χ3v) is 1.00. The minimum absolute atomic E-state index is 0.609. The molecule has 0 bridgehead atoms. The average Bonchev–Trinajstić information content (AvgIpc) is 1.85. The minimum atomic E-state index is -2.97. The molecule has 0 aliphatic rings. The van der Waals surface area contributed by atoms with Gasteiger partial charge in [0.05, 0.1) is 6.61 Å². The Morgan fingerprint density at radius 1 is 1.80 bits per heavy atom. The summed E-state index contributed by atoms with van der Waals surface area (Å²) >= 11 is 0. The third-order valence-electron chi connectivity index (χ3n) is 0.668. The normalized spacial score (nSPS) is 14.1. The van der Waals surface area contributed by atoms with E-state index in [2.05, 4.69) is 4.52 Å². The molecule has 10 heavy (non-hydrogen) atoms. The first kappa shape index (κ1) is 9.45. The first-order chi connectivity index (χ1) is 4.57. The highest BCUT2D eigenvalue weighted by Crippen LogP contribution is 2.14. The van der Waals surface area contributed by atoms with Gasteiger partial charge in [0.2, 0.25) is 0 Å². The van der Waals surface area contributed by atoms with Crippen molar-refractivity contribution in [3.63, 3.8) is 0 Å². The fourth-order valence-corrected chi connectivity index (χ4v) is 0.509. The van der Waals surface area contributed by atoms with E-state index in [0.29, 0.717) is 0 Å². The summed E-state index contributed by atoms with van der Waals surface area (Å²) in [7, 11) is -2.97. The van der Waals surface area contributed by atoms with Gasteiger partial charge in [-0.05, 0) is 0 Å². The summed E-state index contributed by atoms with van der Waals surface area (Å²) in [5.41, 5.74) is 4.90. The molecule has 0 aromatic heterocycles. The number of rotatable bonds is 3. The van der Waals surface area contributed by atoms with Crippen LogP contribution in [0.15, 0.2) is 0 Å². The van der Waals surface area contributed by atoms with Crippen LogP contribution in [0, 0.1) is 0 Å². The fourth-order valence-electron chi connectivity index (χ4n) is 0.219. The largest absolute Gasteiger partial charge is 0.750 e. The molecule has 0 saturated carbocycles. The molecule has 6 nitrogen and oxygen atoms in total. The molecule has 0 aromatic carbocycles. The van der Waals surface area contributed by atoms with Crippen molar-refractivity contribution in [2.24, 2.45) is 5.73 Å². The lowest BCUT2D eigenvalue weighted by Gasteiger charge is -1.97. The Morgan fingerprint density at radius 2 is 2.30 bits per heavy atom. The molecular formula is C3H7NO5P+. The predicted octanol–water partition coefficient (Wildman–Crippen LogP) is -1.50. The fraction of sp³-hybridized carbons (Fsp3) is 0.667. The van der Waals surface area contributed by atoms with Crippen LogP contribution in [-0.4, -0.2) is 28.6 Å². The first-order valence-electron chi connectivity index (χ1n) is 2.32. The van der Waals surface area contributed by atoms with Gasteiger partial charge in [-0.3, -0.25) is 0 Å². The maximum absolute atomic E-state index is 10.3. The Bertz CT molecular complexity index is 148. The van der Waals surface area contributed by atoms with Gasteiger partial charge in [-0.25, -0.2) is 4.79 Å². The Balaban J connectivity index is 3.73. The second kappa shape index (κ2) is 4.29. The van der Waals surface area contributed by atoms with Gasteiger partial charge in [-0.15, -0.1) is 4.89 Å². The maximum atomic E-state index is 10.3. The standard InChI is InChI=1S/C3H6NO5P/c4-2(1-5)3(6)9-10(7)8/h2,5H,1,4H2/p+1/t2-/m0/s1. The number of hydrogen-bond donors (Lipinski definition) is 3. The van der Waals surface area contributed by atoms with E-state index in [9.17, 15) is 9.36 Å². The summed E-state index contributed by atoms with van der Waals surface area (Å²) in [5, 5.41) is 8.22. The lowest BCUT2D eigenvalue weighted by atomic mass is 10.3. The van der Waals surface area contributed by atoms with Gasteiger partial charge in [0.1, 0.15) is 6.04 Å². The molecule has 4 N–H and O–H groups in total. The van der Waals surface area contributed by atoms with Crippen LogP contribution in [0.2, 0.25) is 0 Å². The van der Waals surface area contributed by atoms with Gasteiger partial charge < -0.3 is 10.8 Å². The van der Waals surface area contributed by atoms with E-state index < -0.39 is 26.9 Å². The van der Waals surface area contributed by atoms with Gasteiger partial charge in [-0.1, -0.05) is 0 Å². The zero-order valence-corrected chi connectivity index (χ0v) is 5.82. The van der Waals surface area contributed by atoms with Crippen molar-refractivity contribution in [3.8, 4) is 0 Å². The van der Waals surface area contributed by atoms with Crippen LogP contribution in [0.3, 0.4) is 0 Å². The second-order valence-electron chi connectivity index (χ2n) is 1.44. The van der Waals surface area contributed by atoms with Crippen LogP contribution in [0.25, 0.3) is 0 Å². The molecule has 0 radical (unpaired) electrons. The Kier molecular flexibility index (Phi) is 4.06. The highest BCUT2D eigenvalue weighted by atomic mass is 31.1. The quantitative estimate of drug-likeness (QED) is 0.442. The molecule has 0 rings (SSSR count). The zero-order chi connectivity index (χ0) is 8.15. The predicted molar refractivity (Wildman–Crippen MR) is 31.0 cm³/mol. The van der Waals surface area contributed by atoms with E-state index >= 15 is 0 Å². The average molecular weight is 168 g/mol. The molecule has 2 atom stereocenters. The zero-order valence-electron chi connectivity index (χ0n) is 4.93. The van der Waals surface area contributed by atoms with Gasteiger partial charge in [0.15, 0.2) is 0 Å². The lowest BCUT2D eigenvalue weighted by molar-refractivity contribution is -0.136. The molecule has 7 heteroatoms. The smallest absolute Gasteiger partial charge is 0.394 e. The third kappa shape index (κ3) is 3.47. The number of aliphatic hydroxyl groups excluding tert-OH is 1. The maximum Gasteiger partial charge on any atom is 0.750 e. The lowest BCUT2D eigenvalue weighted by Crippen LogP contribution is -2.34. The van der Waals surface area contributed by atoms with E-state index in [0.717, 1.165) is 0 Å². The van der Waals surface area contributed by atoms with Gasteiger partial charge in [-0.2, -0.15) is 4.52 Å². The highest BCUT2D eigenvalue weighted by molar-refractivity contribution is 7.32. The van der Waals surface area contributed by atoms with Crippen LogP contribution in [0.5, 0.6) is 0 Å². The van der Waals surface area contributed by atoms with Crippen molar-refractivity contribution in [2.75, 3.05) is 6.61 Å². The molecule has 0 fully saturated rings. The molecule has 58 valence electrons. The molecule has 0 spiro atoms. The summed E-state index contributed by atoms with van der Waals surface area (Å²) in [6, 6.07) is -1.24. The van der Waals surface area contributed by atoms with E-state index in [4.69, 9.17) is 15.7 Å². The Morgan fingerprint density at radius 3 is 2.60 bits per heavy atom. The van der Waals surface area contributed by atoms with Gasteiger partial charge in [0.25, 0.3) is 0 Å². The summed E-state index contributed by atoms with van der Waals surface area (Å²) < 4.78 is 13.5.